The van der Waals surface area contributed by atoms with Gasteiger partial charge in [-0.2, -0.15) is 0 Å². The summed E-state index contributed by atoms with van der Waals surface area (Å²) in [5, 5.41) is 2.92. The van der Waals surface area contributed by atoms with Gasteiger partial charge < -0.3 is 15.1 Å². The number of rotatable bonds is 4. The standard InChI is InChI=1S/C19H22FN3O2S/c1-14-6-7-16(26-14)13-21-19(25)23-10-8-22(9-11-23)18(24)12-15-4-2-3-5-17(15)20/h2-7H,8-13H2,1H3,(H,21,25). The van der Waals surface area contributed by atoms with E-state index in [1.807, 2.05) is 19.1 Å². The van der Waals surface area contributed by atoms with Crippen LogP contribution in [0.3, 0.4) is 0 Å². The Hall–Kier alpha value is -2.41. The predicted octanol–water partition coefficient (Wildman–Crippen LogP) is 2.79. The molecule has 1 aliphatic heterocycles. The Bertz CT molecular complexity index is 785. The van der Waals surface area contributed by atoms with Gasteiger partial charge in [-0.1, -0.05) is 18.2 Å². The first kappa shape index (κ1) is 18.4. The minimum atomic E-state index is -0.359. The lowest BCUT2D eigenvalue weighted by Gasteiger charge is -2.34. The van der Waals surface area contributed by atoms with Gasteiger partial charge in [0.15, 0.2) is 0 Å². The number of nitrogens with zero attached hydrogens (tertiary/aromatic N) is 2. The quantitative estimate of drug-likeness (QED) is 0.893. The van der Waals surface area contributed by atoms with E-state index in [2.05, 4.69) is 5.32 Å². The van der Waals surface area contributed by atoms with Crippen LogP contribution in [0.5, 0.6) is 0 Å². The van der Waals surface area contributed by atoms with E-state index >= 15 is 0 Å². The van der Waals surface area contributed by atoms with Crippen LogP contribution in [0.25, 0.3) is 0 Å². The van der Waals surface area contributed by atoms with Crippen LogP contribution in [0.4, 0.5) is 9.18 Å². The Morgan fingerprint density at radius 1 is 1.08 bits per heavy atom. The highest BCUT2D eigenvalue weighted by molar-refractivity contribution is 7.11. The Morgan fingerprint density at radius 3 is 2.42 bits per heavy atom. The molecule has 1 fully saturated rings. The van der Waals surface area contributed by atoms with Crippen molar-refractivity contribution in [3.8, 4) is 0 Å². The SMILES string of the molecule is Cc1ccc(CNC(=O)N2CCN(C(=O)Cc3ccccc3F)CC2)s1. The van der Waals surface area contributed by atoms with E-state index in [9.17, 15) is 14.0 Å². The van der Waals surface area contributed by atoms with E-state index in [1.54, 1.807) is 39.3 Å². The normalized spacial score (nSPS) is 14.4. The molecular weight excluding hydrogens is 353 g/mol. The van der Waals surface area contributed by atoms with E-state index in [-0.39, 0.29) is 24.2 Å². The van der Waals surface area contributed by atoms with Gasteiger partial charge in [-0.15, -0.1) is 11.3 Å². The number of hydrogen-bond donors (Lipinski definition) is 1. The Labute approximate surface area is 156 Å². The van der Waals surface area contributed by atoms with Gasteiger partial charge in [-0.25, -0.2) is 9.18 Å². The zero-order valence-corrected chi connectivity index (χ0v) is 15.5. The van der Waals surface area contributed by atoms with Gasteiger partial charge in [-0.3, -0.25) is 4.79 Å². The van der Waals surface area contributed by atoms with E-state index in [0.717, 1.165) is 4.88 Å². The molecule has 1 aromatic heterocycles. The average Bonchev–Trinajstić information content (AvgIpc) is 3.07. The Balaban J connectivity index is 1.45. The number of benzene rings is 1. The predicted molar refractivity (Wildman–Crippen MR) is 99.5 cm³/mol. The number of piperazine rings is 1. The van der Waals surface area contributed by atoms with Crippen molar-refractivity contribution in [3.63, 3.8) is 0 Å². The van der Waals surface area contributed by atoms with Gasteiger partial charge in [0.05, 0.1) is 13.0 Å². The van der Waals surface area contributed by atoms with Crippen LogP contribution >= 0.6 is 11.3 Å². The van der Waals surface area contributed by atoms with Gasteiger partial charge in [0.2, 0.25) is 5.91 Å². The zero-order valence-electron chi connectivity index (χ0n) is 14.7. The number of carbonyl (C=O) groups excluding carboxylic acids is 2. The van der Waals surface area contributed by atoms with Crippen LogP contribution in [0.2, 0.25) is 0 Å². The molecule has 0 aliphatic carbocycles. The lowest BCUT2D eigenvalue weighted by atomic mass is 10.1. The topological polar surface area (TPSA) is 52.7 Å². The van der Waals surface area contributed by atoms with Crippen LogP contribution in [0.1, 0.15) is 15.3 Å². The molecule has 138 valence electrons. The minimum absolute atomic E-state index is 0.0522. The van der Waals surface area contributed by atoms with Crippen molar-refractivity contribution < 1.29 is 14.0 Å². The fourth-order valence-electron chi connectivity index (χ4n) is 2.93. The second kappa shape index (κ2) is 8.31. The van der Waals surface area contributed by atoms with Crippen LogP contribution in [-0.2, 0) is 17.8 Å². The second-order valence-corrected chi connectivity index (χ2v) is 7.68. The maximum atomic E-state index is 13.7. The third kappa shape index (κ3) is 4.60. The Kier molecular flexibility index (Phi) is 5.88. The fraction of sp³-hybridized carbons (Fsp3) is 0.368. The molecule has 2 heterocycles. The molecule has 0 saturated carbocycles. The smallest absolute Gasteiger partial charge is 0.317 e. The largest absolute Gasteiger partial charge is 0.339 e. The van der Waals surface area contributed by atoms with Crippen molar-refractivity contribution in [2.24, 2.45) is 0 Å². The van der Waals surface area contributed by atoms with Gasteiger partial charge in [0.25, 0.3) is 0 Å². The molecule has 5 nitrogen and oxygen atoms in total. The summed E-state index contributed by atoms with van der Waals surface area (Å²) >= 11 is 1.67. The van der Waals surface area contributed by atoms with Gasteiger partial charge in [0.1, 0.15) is 5.82 Å². The summed E-state index contributed by atoms with van der Waals surface area (Å²) in [4.78, 5) is 30.4. The van der Waals surface area contributed by atoms with Gasteiger partial charge in [-0.05, 0) is 30.7 Å². The number of aryl methyl sites for hydroxylation is 1. The molecule has 1 aliphatic rings. The summed E-state index contributed by atoms with van der Waals surface area (Å²) in [7, 11) is 0. The molecule has 0 bridgehead atoms. The summed E-state index contributed by atoms with van der Waals surface area (Å²) in [5.41, 5.74) is 0.406. The summed E-state index contributed by atoms with van der Waals surface area (Å²) in [6.07, 6.45) is 0.0522. The highest BCUT2D eigenvalue weighted by atomic mass is 32.1. The molecule has 7 heteroatoms. The number of nitrogens with one attached hydrogen (secondary N) is 1. The van der Waals surface area contributed by atoms with Crippen LogP contribution < -0.4 is 5.32 Å². The molecule has 0 unspecified atom stereocenters. The third-order valence-corrected chi connectivity index (χ3v) is 5.43. The van der Waals surface area contributed by atoms with Crippen molar-refractivity contribution in [2.45, 2.75) is 19.9 Å². The van der Waals surface area contributed by atoms with E-state index in [4.69, 9.17) is 0 Å². The molecule has 1 N–H and O–H groups in total. The first-order valence-corrected chi connectivity index (χ1v) is 9.44. The van der Waals surface area contributed by atoms with Gasteiger partial charge >= 0.3 is 6.03 Å². The molecule has 26 heavy (non-hydrogen) atoms. The maximum Gasteiger partial charge on any atom is 0.317 e. The van der Waals surface area contributed by atoms with Crippen molar-refractivity contribution in [3.05, 3.63) is 57.5 Å². The van der Waals surface area contributed by atoms with E-state index < -0.39 is 0 Å². The summed E-state index contributed by atoms with van der Waals surface area (Å²) in [6.45, 7) is 4.46. The lowest BCUT2D eigenvalue weighted by molar-refractivity contribution is -0.131. The van der Waals surface area contributed by atoms with Crippen molar-refractivity contribution >= 4 is 23.3 Å². The van der Waals surface area contributed by atoms with Crippen LogP contribution in [0, 0.1) is 12.7 Å². The number of amides is 3. The van der Waals surface area contributed by atoms with Crippen molar-refractivity contribution in [2.75, 3.05) is 26.2 Å². The minimum Gasteiger partial charge on any atom is -0.339 e. The zero-order chi connectivity index (χ0) is 18.5. The number of urea groups is 1. The number of carbonyl (C=O) groups is 2. The maximum absolute atomic E-state index is 13.7. The molecule has 0 atom stereocenters. The monoisotopic (exact) mass is 375 g/mol. The first-order chi connectivity index (χ1) is 12.5. The van der Waals surface area contributed by atoms with E-state index in [0.29, 0.717) is 38.3 Å². The number of halogens is 1. The third-order valence-electron chi connectivity index (χ3n) is 4.43. The number of thiophene rings is 1. The average molecular weight is 375 g/mol. The molecule has 0 spiro atoms. The molecular formula is C19H22FN3O2S. The molecule has 0 radical (unpaired) electrons. The van der Waals surface area contributed by atoms with Crippen LogP contribution in [0.15, 0.2) is 36.4 Å². The molecule has 1 saturated heterocycles. The summed E-state index contributed by atoms with van der Waals surface area (Å²) < 4.78 is 13.7. The van der Waals surface area contributed by atoms with Crippen LogP contribution in [-0.4, -0.2) is 47.9 Å². The fourth-order valence-corrected chi connectivity index (χ4v) is 3.76. The Morgan fingerprint density at radius 2 is 1.77 bits per heavy atom. The van der Waals surface area contributed by atoms with Crippen molar-refractivity contribution in [1.82, 2.24) is 15.1 Å². The van der Waals surface area contributed by atoms with E-state index in [1.165, 1.54) is 10.9 Å². The summed E-state index contributed by atoms with van der Waals surface area (Å²) in [6, 6.07) is 10.3. The lowest BCUT2D eigenvalue weighted by Crippen LogP contribution is -2.53. The second-order valence-electron chi connectivity index (χ2n) is 6.31. The summed E-state index contributed by atoms with van der Waals surface area (Å²) in [5.74, 6) is -0.466. The van der Waals surface area contributed by atoms with Gasteiger partial charge in [0, 0.05) is 35.9 Å². The highest BCUT2D eigenvalue weighted by Crippen LogP contribution is 2.15. The molecule has 3 amide bonds. The molecule has 1 aromatic carbocycles. The highest BCUT2D eigenvalue weighted by Gasteiger charge is 2.24. The molecule has 2 aromatic rings. The first-order valence-electron chi connectivity index (χ1n) is 8.62. The van der Waals surface area contributed by atoms with Crippen molar-refractivity contribution in [1.29, 1.82) is 0 Å². The number of hydrogen-bond acceptors (Lipinski definition) is 3. The molecule has 3 rings (SSSR count).